The Labute approximate surface area is 122 Å². The molecule has 0 fully saturated rings. The number of nitrogens with one attached hydrogen (secondary N) is 1. The van der Waals surface area contributed by atoms with Crippen molar-refractivity contribution < 1.29 is 9.53 Å². The van der Waals surface area contributed by atoms with Crippen LogP contribution in [-0.4, -0.2) is 29.4 Å². The van der Waals surface area contributed by atoms with Crippen LogP contribution >= 0.6 is 11.6 Å². The Morgan fingerprint density at radius 3 is 3.05 bits per heavy atom. The van der Waals surface area contributed by atoms with E-state index in [1.54, 1.807) is 24.4 Å². The number of ether oxygens (including phenoxy) is 1. The Morgan fingerprint density at radius 1 is 1.50 bits per heavy atom. The van der Waals surface area contributed by atoms with Crippen LogP contribution in [0.4, 0.5) is 5.69 Å². The third kappa shape index (κ3) is 3.74. The highest BCUT2D eigenvalue weighted by Crippen LogP contribution is 2.21. The van der Waals surface area contributed by atoms with Gasteiger partial charge < -0.3 is 10.1 Å². The molecule has 0 spiro atoms. The van der Waals surface area contributed by atoms with Crippen molar-refractivity contribution in [3.8, 4) is 0 Å². The molecule has 0 aliphatic heterocycles. The minimum atomic E-state index is -0.378. The molecule has 5 nitrogen and oxygen atoms in total. The van der Waals surface area contributed by atoms with Crippen molar-refractivity contribution in [2.24, 2.45) is 0 Å². The van der Waals surface area contributed by atoms with E-state index in [2.05, 4.69) is 10.4 Å². The zero-order valence-electron chi connectivity index (χ0n) is 11.2. The highest BCUT2D eigenvalue weighted by atomic mass is 35.5. The third-order valence-corrected chi connectivity index (χ3v) is 3.06. The van der Waals surface area contributed by atoms with Gasteiger partial charge in [0.1, 0.15) is 0 Å². The number of methoxy groups -OCH3 is 1. The number of nitrogens with zero attached hydrogens (tertiary/aromatic N) is 2. The number of aromatic nitrogens is 2. The molecule has 1 aromatic heterocycles. The molecule has 0 saturated carbocycles. The number of carbonyl (C=O) groups is 1. The van der Waals surface area contributed by atoms with Crippen LogP contribution < -0.4 is 5.32 Å². The van der Waals surface area contributed by atoms with Gasteiger partial charge in [-0.2, -0.15) is 5.10 Å². The second-order valence-electron chi connectivity index (χ2n) is 4.23. The van der Waals surface area contributed by atoms with E-state index in [-0.39, 0.29) is 5.97 Å². The minimum Gasteiger partial charge on any atom is -0.465 e. The topological polar surface area (TPSA) is 56.1 Å². The van der Waals surface area contributed by atoms with Crippen molar-refractivity contribution >= 4 is 23.3 Å². The monoisotopic (exact) mass is 293 g/mol. The van der Waals surface area contributed by atoms with E-state index >= 15 is 0 Å². The van der Waals surface area contributed by atoms with Crippen LogP contribution in [-0.2, 0) is 11.3 Å². The van der Waals surface area contributed by atoms with Crippen molar-refractivity contribution in [2.75, 3.05) is 19.0 Å². The van der Waals surface area contributed by atoms with Crippen LogP contribution in [0.15, 0.2) is 36.7 Å². The van der Waals surface area contributed by atoms with Gasteiger partial charge in [0.25, 0.3) is 0 Å². The van der Waals surface area contributed by atoms with Crippen LogP contribution in [0.1, 0.15) is 16.8 Å². The summed E-state index contributed by atoms with van der Waals surface area (Å²) in [6.45, 7) is 1.53. The van der Waals surface area contributed by atoms with E-state index in [0.29, 0.717) is 22.8 Å². The number of aryl methyl sites for hydroxylation is 1. The smallest absolute Gasteiger partial charge is 0.339 e. The summed E-state index contributed by atoms with van der Waals surface area (Å²) in [5, 5.41) is 7.91. The van der Waals surface area contributed by atoms with Gasteiger partial charge in [-0.05, 0) is 30.7 Å². The van der Waals surface area contributed by atoms with Crippen LogP contribution in [0, 0.1) is 0 Å². The van der Waals surface area contributed by atoms with Gasteiger partial charge >= 0.3 is 5.97 Å². The Balaban J connectivity index is 1.94. The molecule has 0 aliphatic carbocycles. The van der Waals surface area contributed by atoms with Crippen molar-refractivity contribution in [2.45, 2.75) is 13.0 Å². The van der Waals surface area contributed by atoms with Crippen LogP contribution in [0.25, 0.3) is 0 Å². The SMILES string of the molecule is COC(=O)c1ccc(Cl)cc1NCCCn1cccn1. The van der Waals surface area contributed by atoms with Gasteiger partial charge in [0.2, 0.25) is 0 Å². The average Bonchev–Trinajstić information content (AvgIpc) is 2.96. The molecule has 20 heavy (non-hydrogen) atoms. The lowest BCUT2D eigenvalue weighted by atomic mass is 10.1. The molecule has 0 amide bonds. The van der Waals surface area contributed by atoms with E-state index in [0.717, 1.165) is 13.0 Å². The maximum Gasteiger partial charge on any atom is 0.339 e. The summed E-state index contributed by atoms with van der Waals surface area (Å²) < 4.78 is 6.61. The highest BCUT2D eigenvalue weighted by Gasteiger charge is 2.11. The number of halogens is 1. The molecule has 0 unspecified atom stereocenters. The highest BCUT2D eigenvalue weighted by molar-refractivity contribution is 6.31. The van der Waals surface area contributed by atoms with E-state index in [9.17, 15) is 4.79 Å². The van der Waals surface area contributed by atoms with Gasteiger partial charge in [-0.25, -0.2) is 4.79 Å². The number of benzene rings is 1. The van der Waals surface area contributed by atoms with Gasteiger partial charge in [0.15, 0.2) is 0 Å². The summed E-state index contributed by atoms with van der Waals surface area (Å²) in [5.41, 5.74) is 1.17. The second kappa shape index (κ2) is 6.96. The van der Waals surface area contributed by atoms with E-state index in [1.165, 1.54) is 7.11 Å². The summed E-state index contributed by atoms with van der Waals surface area (Å²) in [7, 11) is 1.36. The number of esters is 1. The van der Waals surface area contributed by atoms with Gasteiger partial charge in [0, 0.05) is 30.5 Å². The number of rotatable bonds is 6. The Kier molecular flexibility index (Phi) is 5.01. The molecule has 0 atom stereocenters. The molecule has 0 bridgehead atoms. The second-order valence-corrected chi connectivity index (χ2v) is 4.67. The normalized spacial score (nSPS) is 10.3. The van der Waals surface area contributed by atoms with E-state index in [1.807, 2.05) is 16.9 Å². The number of anilines is 1. The molecule has 2 rings (SSSR count). The number of hydrogen-bond donors (Lipinski definition) is 1. The molecule has 0 aliphatic rings. The fourth-order valence-electron chi connectivity index (χ4n) is 1.85. The van der Waals surface area contributed by atoms with Crippen LogP contribution in [0.2, 0.25) is 5.02 Å². The molecular formula is C14H16ClN3O2. The zero-order chi connectivity index (χ0) is 14.4. The largest absolute Gasteiger partial charge is 0.465 e. The fraction of sp³-hybridized carbons (Fsp3) is 0.286. The summed E-state index contributed by atoms with van der Waals surface area (Å²) in [6.07, 6.45) is 4.55. The van der Waals surface area contributed by atoms with Crippen molar-refractivity contribution in [1.29, 1.82) is 0 Å². The third-order valence-electron chi connectivity index (χ3n) is 2.83. The van der Waals surface area contributed by atoms with E-state index in [4.69, 9.17) is 16.3 Å². The molecule has 1 aromatic carbocycles. The molecule has 1 N–H and O–H groups in total. The Bertz CT molecular complexity index is 570. The number of carbonyl (C=O) groups excluding carboxylic acids is 1. The predicted octanol–water partition coefficient (Wildman–Crippen LogP) is 2.83. The molecule has 6 heteroatoms. The Hall–Kier alpha value is -2.01. The van der Waals surface area contributed by atoms with Gasteiger partial charge in [-0.3, -0.25) is 4.68 Å². The molecular weight excluding hydrogens is 278 g/mol. The maximum atomic E-state index is 11.6. The quantitative estimate of drug-likeness (QED) is 0.657. The lowest BCUT2D eigenvalue weighted by molar-refractivity contribution is 0.0602. The average molecular weight is 294 g/mol. The molecule has 0 radical (unpaired) electrons. The van der Waals surface area contributed by atoms with Crippen LogP contribution in [0.3, 0.4) is 0 Å². The molecule has 0 saturated heterocycles. The predicted molar refractivity (Wildman–Crippen MR) is 78.1 cm³/mol. The first-order chi connectivity index (χ1) is 9.70. The van der Waals surface area contributed by atoms with Crippen molar-refractivity contribution in [3.63, 3.8) is 0 Å². The Morgan fingerprint density at radius 2 is 2.35 bits per heavy atom. The van der Waals surface area contributed by atoms with Crippen molar-refractivity contribution in [3.05, 3.63) is 47.2 Å². The van der Waals surface area contributed by atoms with Gasteiger partial charge in [-0.15, -0.1) is 0 Å². The summed E-state index contributed by atoms with van der Waals surface area (Å²) in [6, 6.07) is 6.94. The first kappa shape index (κ1) is 14.4. The molecule has 1 heterocycles. The summed E-state index contributed by atoms with van der Waals surface area (Å²) in [5.74, 6) is -0.378. The first-order valence-corrected chi connectivity index (χ1v) is 6.67. The fourth-order valence-corrected chi connectivity index (χ4v) is 2.02. The lowest BCUT2D eigenvalue weighted by Gasteiger charge is -2.11. The zero-order valence-corrected chi connectivity index (χ0v) is 11.9. The summed E-state index contributed by atoms with van der Waals surface area (Å²) in [4.78, 5) is 11.6. The number of hydrogen-bond acceptors (Lipinski definition) is 4. The van der Waals surface area contributed by atoms with Gasteiger partial charge in [0.05, 0.1) is 18.4 Å². The van der Waals surface area contributed by atoms with E-state index < -0.39 is 0 Å². The maximum absolute atomic E-state index is 11.6. The standard InChI is InChI=1S/C14H16ClN3O2/c1-20-14(19)12-5-4-11(15)10-13(12)16-6-2-8-18-9-3-7-17-18/h3-5,7,9-10,16H,2,6,8H2,1H3. The van der Waals surface area contributed by atoms with Gasteiger partial charge in [-0.1, -0.05) is 11.6 Å². The summed E-state index contributed by atoms with van der Waals surface area (Å²) >= 11 is 5.95. The molecule has 2 aromatic rings. The van der Waals surface area contributed by atoms with Crippen LogP contribution in [0.5, 0.6) is 0 Å². The minimum absolute atomic E-state index is 0.378. The lowest BCUT2D eigenvalue weighted by Crippen LogP contribution is -2.11. The molecule has 106 valence electrons. The van der Waals surface area contributed by atoms with Crippen molar-refractivity contribution in [1.82, 2.24) is 9.78 Å². The first-order valence-electron chi connectivity index (χ1n) is 6.30.